The van der Waals surface area contributed by atoms with Gasteiger partial charge in [-0.2, -0.15) is 0 Å². The molecule has 0 saturated heterocycles. The number of nitrogens with one attached hydrogen (secondary N) is 2. The maximum Gasteiger partial charge on any atom is 0.223 e. The number of carbonyl (C=O) groups is 1. The Morgan fingerprint density at radius 1 is 1.27 bits per heavy atom. The second-order valence-electron chi connectivity index (χ2n) is 5.52. The van der Waals surface area contributed by atoms with Crippen molar-refractivity contribution < 1.29 is 4.79 Å². The van der Waals surface area contributed by atoms with E-state index in [1.165, 1.54) is 0 Å². The quantitative estimate of drug-likeness (QED) is 0.477. The van der Waals surface area contributed by atoms with Crippen molar-refractivity contribution in [3.8, 4) is 0 Å². The molecule has 0 radical (unpaired) electrons. The van der Waals surface area contributed by atoms with E-state index in [0.29, 0.717) is 13.1 Å². The predicted octanol–water partition coefficient (Wildman–Crippen LogP) is 1.87. The Labute approximate surface area is 136 Å². The molecule has 0 spiro atoms. The number of nitrogens with zero attached hydrogens (tertiary/aromatic N) is 2. The monoisotopic (exact) mass is 322 g/mol. The molecule has 2 rings (SSSR count). The number of carbonyl (C=O) groups excluding carboxylic acids is 1. The average molecular weight is 323 g/mol. The van der Waals surface area contributed by atoms with Crippen molar-refractivity contribution in [2.45, 2.75) is 19.4 Å². The molecule has 120 valence electrons. The zero-order valence-electron chi connectivity index (χ0n) is 13.1. The van der Waals surface area contributed by atoms with Crippen LogP contribution in [0.4, 0.5) is 0 Å². The van der Waals surface area contributed by atoms with Crippen molar-refractivity contribution in [2.24, 2.45) is 10.9 Å². The zero-order valence-corrected chi connectivity index (χ0v) is 13.9. The molecule has 22 heavy (non-hydrogen) atoms. The van der Waals surface area contributed by atoms with Gasteiger partial charge < -0.3 is 15.5 Å². The smallest absolute Gasteiger partial charge is 0.223 e. The number of guanidine groups is 1. The van der Waals surface area contributed by atoms with E-state index in [2.05, 4.69) is 15.6 Å². The molecule has 0 atom stereocenters. The zero-order chi connectivity index (χ0) is 15.9. The van der Waals surface area contributed by atoms with Crippen LogP contribution >= 0.6 is 11.6 Å². The second-order valence-corrected chi connectivity index (χ2v) is 5.96. The van der Waals surface area contributed by atoms with E-state index >= 15 is 0 Å². The van der Waals surface area contributed by atoms with Crippen LogP contribution in [-0.2, 0) is 11.3 Å². The summed E-state index contributed by atoms with van der Waals surface area (Å²) >= 11 is 5.89. The number of hydrogen-bond donors (Lipinski definition) is 2. The van der Waals surface area contributed by atoms with Crippen molar-refractivity contribution >= 4 is 23.5 Å². The molecule has 1 fully saturated rings. The van der Waals surface area contributed by atoms with Crippen molar-refractivity contribution in [3.63, 3.8) is 0 Å². The van der Waals surface area contributed by atoms with Gasteiger partial charge in [-0.3, -0.25) is 9.79 Å². The molecule has 0 bridgehead atoms. The van der Waals surface area contributed by atoms with Gasteiger partial charge in [0.1, 0.15) is 0 Å². The fourth-order valence-electron chi connectivity index (χ4n) is 2.17. The van der Waals surface area contributed by atoms with Gasteiger partial charge in [0.25, 0.3) is 0 Å². The van der Waals surface area contributed by atoms with Crippen LogP contribution in [0.15, 0.2) is 29.3 Å². The highest BCUT2D eigenvalue weighted by molar-refractivity contribution is 6.30. The normalized spacial score (nSPS) is 14.6. The van der Waals surface area contributed by atoms with E-state index in [4.69, 9.17) is 11.6 Å². The van der Waals surface area contributed by atoms with Crippen LogP contribution in [0.2, 0.25) is 5.02 Å². The first-order valence-electron chi connectivity index (χ1n) is 7.54. The summed E-state index contributed by atoms with van der Waals surface area (Å²) < 4.78 is 0. The van der Waals surface area contributed by atoms with Crippen LogP contribution in [0.25, 0.3) is 0 Å². The molecular formula is C16H23ClN4O. The summed E-state index contributed by atoms with van der Waals surface area (Å²) in [6.07, 6.45) is 2.07. The minimum Gasteiger partial charge on any atom is -0.354 e. The maximum atomic E-state index is 11.5. The van der Waals surface area contributed by atoms with Crippen molar-refractivity contribution in [1.29, 1.82) is 0 Å². The lowest BCUT2D eigenvalue weighted by Crippen LogP contribution is -2.42. The van der Waals surface area contributed by atoms with Crippen LogP contribution in [0.5, 0.6) is 0 Å². The fraction of sp³-hybridized carbons (Fsp3) is 0.500. The molecule has 1 aromatic rings. The SMILES string of the molecule is CN=C(NCCNC(=O)C1CC1)N(C)Cc1ccc(Cl)cc1. The molecule has 1 aliphatic carbocycles. The van der Waals surface area contributed by atoms with Gasteiger partial charge in [-0.15, -0.1) is 0 Å². The minimum atomic E-state index is 0.173. The number of benzene rings is 1. The molecule has 0 unspecified atom stereocenters. The summed E-state index contributed by atoms with van der Waals surface area (Å²) in [5.74, 6) is 1.23. The van der Waals surface area contributed by atoms with Gasteiger partial charge in [0.2, 0.25) is 5.91 Å². The minimum absolute atomic E-state index is 0.173. The van der Waals surface area contributed by atoms with Crippen LogP contribution in [0, 0.1) is 5.92 Å². The highest BCUT2D eigenvalue weighted by Gasteiger charge is 2.28. The Morgan fingerprint density at radius 2 is 1.91 bits per heavy atom. The molecule has 5 nitrogen and oxygen atoms in total. The van der Waals surface area contributed by atoms with E-state index in [1.54, 1.807) is 7.05 Å². The fourth-order valence-corrected chi connectivity index (χ4v) is 2.30. The van der Waals surface area contributed by atoms with E-state index < -0.39 is 0 Å². The standard InChI is InChI=1S/C16H23ClN4O/c1-18-16(20-10-9-19-15(22)13-5-6-13)21(2)11-12-3-7-14(17)8-4-12/h3-4,7-8,13H,5-6,9-11H2,1-2H3,(H,18,20)(H,19,22). The molecule has 2 N–H and O–H groups in total. The molecule has 1 aliphatic rings. The van der Waals surface area contributed by atoms with Gasteiger partial charge in [0, 0.05) is 44.7 Å². The predicted molar refractivity (Wildman–Crippen MR) is 90.0 cm³/mol. The summed E-state index contributed by atoms with van der Waals surface area (Å²) in [6, 6.07) is 7.77. The lowest BCUT2D eigenvalue weighted by Gasteiger charge is -2.22. The summed E-state index contributed by atoms with van der Waals surface area (Å²) in [7, 11) is 3.73. The second kappa shape index (κ2) is 8.03. The highest BCUT2D eigenvalue weighted by atomic mass is 35.5. The van der Waals surface area contributed by atoms with E-state index in [9.17, 15) is 4.79 Å². The van der Waals surface area contributed by atoms with E-state index in [-0.39, 0.29) is 11.8 Å². The number of halogens is 1. The maximum absolute atomic E-state index is 11.5. The van der Waals surface area contributed by atoms with Gasteiger partial charge >= 0.3 is 0 Å². The molecular weight excluding hydrogens is 300 g/mol. The van der Waals surface area contributed by atoms with Gasteiger partial charge in [0.15, 0.2) is 5.96 Å². The Hall–Kier alpha value is -1.75. The van der Waals surface area contributed by atoms with Crippen LogP contribution in [0.1, 0.15) is 18.4 Å². The molecule has 0 aromatic heterocycles. The van der Waals surface area contributed by atoms with Crippen molar-refractivity contribution in [1.82, 2.24) is 15.5 Å². The topological polar surface area (TPSA) is 56.7 Å². The number of amides is 1. The summed E-state index contributed by atoms with van der Waals surface area (Å²) in [6.45, 7) is 2.02. The first kappa shape index (κ1) is 16.6. The Bertz CT molecular complexity index is 525. The van der Waals surface area contributed by atoms with Gasteiger partial charge in [-0.25, -0.2) is 0 Å². The molecule has 0 aliphatic heterocycles. The van der Waals surface area contributed by atoms with Crippen LogP contribution in [-0.4, -0.2) is 44.0 Å². The first-order chi connectivity index (χ1) is 10.6. The number of rotatable bonds is 6. The summed E-state index contributed by atoms with van der Waals surface area (Å²) in [5, 5.41) is 6.92. The van der Waals surface area contributed by atoms with Gasteiger partial charge in [0.05, 0.1) is 0 Å². The number of hydrogen-bond acceptors (Lipinski definition) is 2. The third kappa shape index (κ3) is 5.22. The summed E-state index contributed by atoms with van der Waals surface area (Å²) in [5.41, 5.74) is 1.16. The average Bonchev–Trinajstić information content (AvgIpc) is 3.34. The largest absolute Gasteiger partial charge is 0.354 e. The third-order valence-corrected chi connectivity index (χ3v) is 3.81. The highest BCUT2D eigenvalue weighted by Crippen LogP contribution is 2.28. The molecule has 6 heteroatoms. The molecule has 1 aromatic carbocycles. The number of aliphatic imine (C=N–C) groups is 1. The lowest BCUT2D eigenvalue weighted by atomic mass is 10.2. The molecule has 0 heterocycles. The van der Waals surface area contributed by atoms with Crippen molar-refractivity contribution in [2.75, 3.05) is 27.2 Å². The molecule has 1 saturated carbocycles. The van der Waals surface area contributed by atoms with Crippen LogP contribution < -0.4 is 10.6 Å². The lowest BCUT2D eigenvalue weighted by molar-refractivity contribution is -0.122. The first-order valence-corrected chi connectivity index (χ1v) is 7.92. The summed E-state index contributed by atoms with van der Waals surface area (Å²) in [4.78, 5) is 17.8. The molecule has 1 amide bonds. The van der Waals surface area contributed by atoms with Crippen molar-refractivity contribution in [3.05, 3.63) is 34.9 Å². The Kier molecular flexibility index (Phi) is 6.07. The third-order valence-electron chi connectivity index (χ3n) is 3.56. The van der Waals surface area contributed by atoms with Gasteiger partial charge in [-0.05, 0) is 30.5 Å². The van der Waals surface area contributed by atoms with Crippen LogP contribution in [0.3, 0.4) is 0 Å². The Balaban J connectivity index is 1.72. The van der Waals surface area contributed by atoms with E-state index in [0.717, 1.165) is 35.9 Å². The van der Waals surface area contributed by atoms with E-state index in [1.807, 2.05) is 36.2 Å². The Morgan fingerprint density at radius 3 is 2.50 bits per heavy atom. The van der Waals surface area contributed by atoms with Gasteiger partial charge in [-0.1, -0.05) is 23.7 Å².